The van der Waals surface area contributed by atoms with Crippen LogP contribution in [0.4, 0.5) is 0 Å². The van der Waals surface area contributed by atoms with Gasteiger partial charge in [0.1, 0.15) is 6.10 Å². The molecule has 0 radical (unpaired) electrons. The van der Waals surface area contributed by atoms with E-state index in [9.17, 15) is 4.79 Å². The molecule has 0 saturated carbocycles. The van der Waals surface area contributed by atoms with Crippen molar-refractivity contribution in [2.45, 2.75) is 38.3 Å². The van der Waals surface area contributed by atoms with Gasteiger partial charge in [-0.15, -0.1) is 6.58 Å². The minimum absolute atomic E-state index is 0.426. The van der Waals surface area contributed by atoms with Gasteiger partial charge in [0.2, 0.25) is 0 Å². The summed E-state index contributed by atoms with van der Waals surface area (Å²) < 4.78 is 10.6. The van der Waals surface area contributed by atoms with Gasteiger partial charge in [0.15, 0.2) is 11.9 Å². The quantitative estimate of drug-likeness (QED) is 0.672. The Kier molecular flexibility index (Phi) is 2.73. The Hall–Kier alpha value is -0.870. The first-order chi connectivity index (χ1) is 5.96. The second-order valence-electron chi connectivity index (χ2n) is 3.46. The predicted octanol–water partition coefficient (Wildman–Crippen LogP) is 1.17. The van der Waals surface area contributed by atoms with E-state index < -0.39 is 24.0 Å². The molecule has 4 nitrogen and oxygen atoms in total. The van der Waals surface area contributed by atoms with E-state index in [-0.39, 0.29) is 0 Å². The highest BCUT2D eigenvalue weighted by Crippen LogP contribution is 2.29. The molecule has 2 atom stereocenters. The summed E-state index contributed by atoms with van der Waals surface area (Å²) in [7, 11) is 0. The minimum Gasteiger partial charge on any atom is -0.479 e. The van der Waals surface area contributed by atoms with Crippen molar-refractivity contribution in [1.82, 2.24) is 0 Å². The van der Waals surface area contributed by atoms with Gasteiger partial charge in [-0.05, 0) is 20.3 Å². The van der Waals surface area contributed by atoms with Gasteiger partial charge in [-0.25, -0.2) is 4.79 Å². The zero-order chi connectivity index (χ0) is 10.1. The summed E-state index contributed by atoms with van der Waals surface area (Å²) in [6.45, 7) is 6.94. The first-order valence-corrected chi connectivity index (χ1v) is 4.15. The van der Waals surface area contributed by atoms with Crippen molar-refractivity contribution in [3.63, 3.8) is 0 Å². The highest BCUT2D eigenvalue weighted by atomic mass is 16.8. The molecule has 1 N–H and O–H groups in total. The Morgan fingerprint density at radius 2 is 2.23 bits per heavy atom. The van der Waals surface area contributed by atoms with Crippen LogP contribution >= 0.6 is 0 Å². The molecule has 1 aliphatic heterocycles. The molecular formula is C9H14O4. The number of ether oxygens (including phenoxy) is 2. The Bertz CT molecular complexity index is 222. The summed E-state index contributed by atoms with van der Waals surface area (Å²) in [4.78, 5) is 10.7. The normalized spacial score (nSPS) is 31.5. The van der Waals surface area contributed by atoms with Crippen molar-refractivity contribution < 1.29 is 19.4 Å². The van der Waals surface area contributed by atoms with Gasteiger partial charge in [0.05, 0.1) is 0 Å². The molecule has 0 bridgehead atoms. The standard InChI is InChI=1S/C9H14O4/c1-4-5-6-7(8(10)11)13-9(2,3)12-6/h4,6-7H,1,5H2,2-3H3,(H,10,11)/t6-,7+/m1/s1. The molecule has 0 aromatic rings. The SMILES string of the molecule is C=CC[C@H]1OC(C)(C)O[C@@H]1C(=O)O. The molecule has 13 heavy (non-hydrogen) atoms. The van der Waals surface area contributed by atoms with Crippen molar-refractivity contribution in [1.29, 1.82) is 0 Å². The van der Waals surface area contributed by atoms with Crippen molar-refractivity contribution in [2.24, 2.45) is 0 Å². The third-order valence-corrected chi connectivity index (χ3v) is 1.83. The summed E-state index contributed by atoms with van der Waals surface area (Å²) in [5.74, 6) is -1.80. The Balaban J connectivity index is 2.71. The maximum atomic E-state index is 10.7. The van der Waals surface area contributed by atoms with Crippen LogP contribution in [0.15, 0.2) is 12.7 Å². The fraction of sp³-hybridized carbons (Fsp3) is 0.667. The zero-order valence-corrected chi connectivity index (χ0v) is 7.82. The molecule has 0 amide bonds. The number of carboxylic acids is 1. The third-order valence-electron chi connectivity index (χ3n) is 1.83. The molecule has 0 aromatic heterocycles. The first-order valence-electron chi connectivity index (χ1n) is 4.15. The summed E-state index contributed by atoms with van der Waals surface area (Å²) in [5.41, 5.74) is 0. The highest BCUT2D eigenvalue weighted by molar-refractivity contribution is 5.73. The lowest BCUT2D eigenvalue weighted by atomic mass is 10.1. The van der Waals surface area contributed by atoms with E-state index in [1.165, 1.54) is 0 Å². The van der Waals surface area contributed by atoms with E-state index in [1.54, 1.807) is 19.9 Å². The van der Waals surface area contributed by atoms with Crippen LogP contribution < -0.4 is 0 Å². The van der Waals surface area contributed by atoms with Gasteiger partial charge in [0.25, 0.3) is 0 Å². The molecular weight excluding hydrogens is 172 g/mol. The summed E-state index contributed by atoms with van der Waals surface area (Å²) in [6, 6.07) is 0. The van der Waals surface area contributed by atoms with E-state index >= 15 is 0 Å². The highest BCUT2D eigenvalue weighted by Gasteiger charge is 2.44. The zero-order valence-electron chi connectivity index (χ0n) is 7.82. The van der Waals surface area contributed by atoms with Crippen molar-refractivity contribution >= 4 is 5.97 Å². The Labute approximate surface area is 77.1 Å². The molecule has 0 aromatic carbocycles. The Morgan fingerprint density at radius 3 is 2.69 bits per heavy atom. The van der Waals surface area contributed by atoms with Crippen LogP contribution in [0.3, 0.4) is 0 Å². The molecule has 1 heterocycles. The van der Waals surface area contributed by atoms with Crippen LogP contribution in [0, 0.1) is 0 Å². The van der Waals surface area contributed by atoms with Crippen LogP contribution in [0.25, 0.3) is 0 Å². The van der Waals surface area contributed by atoms with Crippen molar-refractivity contribution in [3.05, 3.63) is 12.7 Å². The number of rotatable bonds is 3. The number of carboxylic acid groups (broad SMARTS) is 1. The lowest BCUT2D eigenvalue weighted by molar-refractivity contribution is -0.165. The van der Waals surface area contributed by atoms with E-state index in [0.717, 1.165) is 0 Å². The van der Waals surface area contributed by atoms with Crippen molar-refractivity contribution in [3.8, 4) is 0 Å². The number of hydrogen-bond donors (Lipinski definition) is 1. The van der Waals surface area contributed by atoms with Gasteiger partial charge >= 0.3 is 5.97 Å². The molecule has 1 rings (SSSR count). The van der Waals surface area contributed by atoms with Gasteiger partial charge < -0.3 is 14.6 Å². The van der Waals surface area contributed by atoms with Gasteiger partial charge in [-0.1, -0.05) is 6.08 Å². The Morgan fingerprint density at radius 1 is 1.62 bits per heavy atom. The molecule has 0 spiro atoms. The summed E-state index contributed by atoms with van der Waals surface area (Å²) in [6.07, 6.45) is 0.809. The predicted molar refractivity (Wildman–Crippen MR) is 46.3 cm³/mol. The molecule has 1 fully saturated rings. The van der Waals surface area contributed by atoms with Crippen LogP contribution in [-0.2, 0) is 14.3 Å². The molecule has 0 unspecified atom stereocenters. The van der Waals surface area contributed by atoms with E-state index in [4.69, 9.17) is 14.6 Å². The molecule has 0 aliphatic carbocycles. The first kappa shape index (κ1) is 10.2. The van der Waals surface area contributed by atoms with E-state index in [0.29, 0.717) is 6.42 Å². The van der Waals surface area contributed by atoms with Gasteiger partial charge in [-0.2, -0.15) is 0 Å². The molecule has 4 heteroatoms. The lowest BCUT2D eigenvalue weighted by Gasteiger charge is -2.15. The average molecular weight is 186 g/mol. The maximum Gasteiger partial charge on any atom is 0.335 e. The monoisotopic (exact) mass is 186 g/mol. The second-order valence-corrected chi connectivity index (χ2v) is 3.46. The number of carbonyl (C=O) groups is 1. The van der Waals surface area contributed by atoms with Crippen LogP contribution in [0.2, 0.25) is 0 Å². The fourth-order valence-corrected chi connectivity index (χ4v) is 1.38. The third kappa shape index (κ3) is 2.29. The number of hydrogen-bond acceptors (Lipinski definition) is 3. The van der Waals surface area contributed by atoms with Gasteiger partial charge in [-0.3, -0.25) is 0 Å². The fourth-order valence-electron chi connectivity index (χ4n) is 1.38. The van der Waals surface area contributed by atoms with Crippen molar-refractivity contribution in [2.75, 3.05) is 0 Å². The minimum atomic E-state index is -0.988. The topological polar surface area (TPSA) is 55.8 Å². The lowest BCUT2D eigenvalue weighted by Crippen LogP contribution is -2.30. The summed E-state index contributed by atoms with van der Waals surface area (Å²) >= 11 is 0. The van der Waals surface area contributed by atoms with E-state index in [2.05, 4.69) is 6.58 Å². The van der Waals surface area contributed by atoms with Crippen LogP contribution in [-0.4, -0.2) is 29.1 Å². The molecule has 1 aliphatic rings. The largest absolute Gasteiger partial charge is 0.479 e. The smallest absolute Gasteiger partial charge is 0.335 e. The average Bonchev–Trinajstić information content (AvgIpc) is 2.26. The van der Waals surface area contributed by atoms with E-state index in [1.807, 2.05) is 0 Å². The van der Waals surface area contributed by atoms with Gasteiger partial charge in [0, 0.05) is 0 Å². The van der Waals surface area contributed by atoms with Crippen LogP contribution in [0.5, 0.6) is 0 Å². The molecule has 74 valence electrons. The molecule has 1 saturated heterocycles. The number of aliphatic carboxylic acids is 1. The maximum absolute atomic E-state index is 10.7. The van der Waals surface area contributed by atoms with Crippen LogP contribution in [0.1, 0.15) is 20.3 Å². The summed E-state index contributed by atoms with van der Waals surface area (Å²) in [5, 5.41) is 8.80. The second kappa shape index (κ2) is 3.47.